The van der Waals surface area contributed by atoms with E-state index in [1.165, 1.54) is 28.2 Å². The normalized spacial score (nSPS) is 21.6. The summed E-state index contributed by atoms with van der Waals surface area (Å²) >= 11 is 18.7. The number of ether oxygens (including phenoxy) is 1. The van der Waals surface area contributed by atoms with Gasteiger partial charge in [0.1, 0.15) is 29.8 Å². The van der Waals surface area contributed by atoms with Gasteiger partial charge in [-0.3, -0.25) is 14.4 Å². The van der Waals surface area contributed by atoms with Crippen LogP contribution in [-0.4, -0.2) is 102 Å². The largest absolute Gasteiger partial charge is 0.528 e. The van der Waals surface area contributed by atoms with E-state index in [4.69, 9.17) is 44.4 Å². The first kappa shape index (κ1) is 39.8. The Kier molecular flexibility index (Phi) is 12.4. The van der Waals surface area contributed by atoms with Gasteiger partial charge in [-0.25, -0.2) is 13.2 Å². The summed E-state index contributed by atoms with van der Waals surface area (Å²) in [6.45, 7) is 3.63. The van der Waals surface area contributed by atoms with Crippen LogP contribution in [0.25, 0.3) is 0 Å². The van der Waals surface area contributed by atoms with E-state index in [1.807, 2.05) is 44.2 Å². The summed E-state index contributed by atoms with van der Waals surface area (Å²) in [4.78, 5) is 62.6. The van der Waals surface area contributed by atoms with Crippen molar-refractivity contribution < 1.29 is 37.2 Å². The van der Waals surface area contributed by atoms with Crippen LogP contribution in [0.2, 0.25) is 15.1 Å². The highest BCUT2D eigenvalue weighted by Crippen LogP contribution is 2.35. The number of piperazine rings is 1. The second kappa shape index (κ2) is 16.8. The molecule has 3 aliphatic heterocycles. The Bertz CT molecular complexity index is 1980. The summed E-state index contributed by atoms with van der Waals surface area (Å²) in [5.41, 5.74) is 1.51. The molecule has 3 aromatic rings. The van der Waals surface area contributed by atoms with Crippen molar-refractivity contribution in [1.82, 2.24) is 24.5 Å². The Morgan fingerprint density at radius 3 is 2.19 bits per heavy atom. The number of rotatable bonds is 10. The van der Waals surface area contributed by atoms with Gasteiger partial charge in [0.05, 0.1) is 11.6 Å². The van der Waals surface area contributed by atoms with Gasteiger partial charge in [-0.1, -0.05) is 77.3 Å². The predicted molar refractivity (Wildman–Crippen MR) is 201 cm³/mol. The molecule has 0 radical (unpaired) electrons. The van der Waals surface area contributed by atoms with Crippen LogP contribution in [0.5, 0.6) is 0 Å². The second-order valence-electron chi connectivity index (χ2n) is 13.7. The maximum Gasteiger partial charge on any atom is 0.528 e. The lowest BCUT2D eigenvalue weighted by Gasteiger charge is -2.54. The van der Waals surface area contributed by atoms with Crippen molar-refractivity contribution in [2.45, 2.75) is 68.9 Å². The molecular formula is C37H40Cl3N5O8S. The highest BCUT2D eigenvalue weighted by molar-refractivity contribution is 7.89. The summed E-state index contributed by atoms with van der Waals surface area (Å²) in [6, 6.07) is 17.3. The molecule has 13 nitrogen and oxygen atoms in total. The van der Waals surface area contributed by atoms with Crippen LogP contribution in [0.3, 0.4) is 0 Å². The Labute approximate surface area is 329 Å². The maximum atomic E-state index is 14.5. The molecule has 3 saturated heterocycles. The molecule has 0 spiro atoms. The number of nitrogens with zero attached hydrogens (tertiary/aromatic N) is 4. The van der Waals surface area contributed by atoms with Crippen molar-refractivity contribution in [3.63, 3.8) is 0 Å². The van der Waals surface area contributed by atoms with Crippen LogP contribution >= 0.6 is 34.8 Å². The fourth-order valence-corrected chi connectivity index (χ4v) is 9.44. The van der Waals surface area contributed by atoms with E-state index in [0.717, 1.165) is 9.87 Å². The molecule has 3 atom stereocenters. The lowest BCUT2D eigenvalue weighted by molar-refractivity contribution is -0.169. The first-order valence-corrected chi connectivity index (χ1v) is 20.1. The van der Waals surface area contributed by atoms with Gasteiger partial charge in [-0.05, 0) is 68.1 Å². The quantitative estimate of drug-likeness (QED) is 0.275. The summed E-state index contributed by atoms with van der Waals surface area (Å²) in [7, 11) is -4.43. The van der Waals surface area contributed by atoms with Gasteiger partial charge in [0, 0.05) is 48.1 Å². The molecule has 3 amide bonds. The maximum absolute atomic E-state index is 14.5. The fraction of sp³-hybridized carbons (Fsp3) is 0.405. The number of sulfonamides is 1. The van der Waals surface area contributed by atoms with Gasteiger partial charge < -0.3 is 24.7 Å². The van der Waals surface area contributed by atoms with Crippen molar-refractivity contribution in [3.8, 4) is 0 Å². The van der Waals surface area contributed by atoms with E-state index < -0.39 is 58.7 Å². The minimum absolute atomic E-state index is 0.0461. The monoisotopic (exact) mass is 819 g/mol. The lowest BCUT2D eigenvalue weighted by Crippen LogP contribution is -2.76. The Morgan fingerprint density at radius 1 is 0.870 bits per heavy atom. The number of hydrogen-bond donors (Lipinski definition) is 1. The van der Waals surface area contributed by atoms with Gasteiger partial charge in [-0.2, -0.15) is 4.31 Å². The van der Waals surface area contributed by atoms with Crippen molar-refractivity contribution in [1.29, 1.82) is 0 Å². The van der Waals surface area contributed by atoms with E-state index in [-0.39, 0.29) is 72.4 Å². The van der Waals surface area contributed by atoms with Crippen molar-refractivity contribution in [3.05, 3.63) is 99.0 Å². The molecule has 3 aromatic carbocycles. The van der Waals surface area contributed by atoms with E-state index in [2.05, 4.69) is 5.32 Å². The molecule has 0 aliphatic carbocycles. The number of hydroxylamine groups is 2. The Balaban J connectivity index is 1.23. The van der Waals surface area contributed by atoms with Gasteiger partial charge in [0.15, 0.2) is 0 Å². The Morgan fingerprint density at radius 2 is 1.54 bits per heavy atom. The number of halogens is 3. The molecule has 3 unspecified atom stereocenters. The van der Waals surface area contributed by atoms with E-state index >= 15 is 0 Å². The number of hydrogen-bond acceptors (Lipinski definition) is 9. The van der Waals surface area contributed by atoms with Crippen molar-refractivity contribution >= 4 is 68.7 Å². The second-order valence-corrected chi connectivity index (χ2v) is 16.8. The highest BCUT2D eigenvalue weighted by atomic mass is 35.5. The van der Waals surface area contributed by atoms with E-state index in [1.54, 1.807) is 29.2 Å². The molecule has 3 fully saturated rings. The van der Waals surface area contributed by atoms with Crippen molar-refractivity contribution in [2.24, 2.45) is 5.92 Å². The number of benzene rings is 3. The zero-order chi connectivity index (χ0) is 38.7. The third kappa shape index (κ3) is 8.79. The third-order valence-electron chi connectivity index (χ3n) is 9.82. The Hall–Kier alpha value is -3.92. The summed E-state index contributed by atoms with van der Waals surface area (Å²) in [6.07, 6.45) is -1.33. The minimum atomic E-state index is -4.43. The topological polar surface area (TPSA) is 146 Å². The van der Waals surface area contributed by atoms with Gasteiger partial charge in [0.25, 0.3) is 0 Å². The molecule has 1 N–H and O–H groups in total. The predicted octanol–water partition coefficient (Wildman–Crippen LogP) is 5.13. The fourth-order valence-electron chi connectivity index (χ4n) is 6.98. The van der Waals surface area contributed by atoms with Crippen LogP contribution in [0.1, 0.15) is 37.8 Å². The molecular weight excluding hydrogens is 781 g/mol. The summed E-state index contributed by atoms with van der Waals surface area (Å²) < 4.78 is 35.3. The highest BCUT2D eigenvalue weighted by Gasteiger charge is 2.54. The van der Waals surface area contributed by atoms with Crippen molar-refractivity contribution in [2.75, 3.05) is 26.2 Å². The van der Waals surface area contributed by atoms with Gasteiger partial charge in [-0.15, -0.1) is 5.06 Å². The van der Waals surface area contributed by atoms with Gasteiger partial charge >= 0.3 is 6.16 Å². The zero-order valence-corrected chi connectivity index (χ0v) is 32.7. The number of piperidine rings is 1. The number of amides is 3. The molecule has 6 rings (SSSR count). The molecule has 54 heavy (non-hydrogen) atoms. The van der Waals surface area contributed by atoms with Gasteiger partial charge in [0.2, 0.25) is 27.7 Å². The van der Waals surface area contributed by atoms with Crippen LogP contribution in [-0.2, 0) is 47.0 Å². The average Bonchev–Trinajstić information content (AvgIpc) is 3.14. The number of carbonyl (C=O) groups is 4. The van der Waals surface area contributed by atoms with E-state index in [9.17, 15) is 27.6 Å². The summed E-state index contributed by atoms with van der Waals surface area (Å²) in [5, 5.41) is 4.82. The molecule has 3 heterocycles. The van der Waals surface area contributed by atoms with Crippen LogP contribution in [0.15, 0.2) is 77.7 Å². The van der Waals surface area contributed by atoms with Crippen LogP contribution in [0, 0.1) is 5.92 Å². The molecule has 288 valence electrons. The van der Waals surface area contributed by atoms with Crippen LogP contribution < -0.4 is 5.32 Å². The van der Waals surface area contributed by atoms with Crippen LogP contribution in [0.4, 0.5) is 4.79 Å². The molecule has 0 aromatic heterocycles. The number of nitrogens with one attached hydrogen (secondary N) is 1. The molecule has 17 heteroatoms. The number of fused-ring (bicyclic) bond motifs is 1. The lowest BCUT2D eigenvalue weighted by atomic mass is 9.94. The first-order chi connectivity index (χ1) is 25.7. The first-order valence-electron chi connectivity index (χ1n) is 17.5. The standard InChI is InChI=1S/C37H40Cl3N5O8S/c1-23(2)43-21-33-44(54(50,51)32-13-12-28(39)19-29(32)40)20-30(35(47)45(33)31(36(43)48)18-24-8-10-27(38)11-9-24)41-34(46)26-14-16-42(17-15-26)53-37(49)52-22-25-6-4-3-5-7-25/h3-13,19,23,26,30-31,33H,14-18,20-22H2,1-2H3,(H,41,46). The average molecular weight is 821 g/mol. The minimum Gasteiger partial charge on any atom is -0.428 e. The summed E-state index contributed by atoms with van der Waals surface area (Å²) in [5.74, 6) is -1.98. The molecule has 0 bridgehead atoms. The zero-order valence-electron chi connectivity index (χ0n) is 29.6. The van der Waals surface area contributed by atoms with E-state index in [0.29, 0.717) is 10.6 Å². The SMILES string of the molecule is CC(C)N1CC2N(C(=O)C(NC(=O)C3CCN(OC(=O)OCc4ccccc4)CC3)CN2S(=O)(=O)c2ccc(Cl)cc2Cl)C(Cc2ccc(Cl)cc2)C1=O. The third-order valence-corrected chi connectivity index (χ3v) is 12.7. The smallest absolute Gasteiger partial charge is 0.428 e. The molecule has 3 aliphatic rings. The number of carbonyl (C=O) groups excluding carboxylic acids is 4. The molecule has 0 saturated carbocycles.